The summed E-state index contributed by atoms with van der Waals surface area (Å²) in [7, 11) is 0. The number of carbonyl (C=O) groups excluding carboxylic acids is 3. The zero-order chi connectivity index (χ0) is 15.8. The number of phenols is 1. The van der Waals surface area contributed by atoms with Crippen molar-refractivity contribution in [2.45, 2.75) is 6.92 Å². The maximum atomic E-state index is 11.6. The molecule has 0 aliphatic heterocycles. The van der Waals surface area contributed by atoms with Gasteiger partial charge in [-0.25, -0.2) is 4.79 Å². The van der Waals surface area contributed by atoms with Crippen molar-refractivity contribution in [3.05, 3.63) is 36.0 Å². The molecule has 0 atom stereocenters. The Balaban J connectivity index is 2.69. The van der Waals surface area contributed by atoms with Crippen molar-refractivity contribution in [1.82, 2.24) is 10.6 Å². The van der Waals surface area contributed by atoms with Crippen LogP contribution in [0.2, 0.25) is 0 Å². The molecule has 4 N–H and O–H groups in total. The van der Waals surface area contributed by atoms with Crippen LogP contribution in [0, 0.1) is 11.3 Å². The Kier molecular flexibility index (Phi) is 5.46. The molecule has 1 aromatic rings. The van der Waals surface area contributed by atoms with Crippen LogP contribution in [0.15, 0.2) is 36.0 Å². The van der Waals surface area contributed by atoms with Crippen LogP contribution in [0.1, 0.15) is 6.92 Å². The van der Waals surface area contributed by atoms with Gasteiger partial charge in [-0.05, 0) is 24.3 Å². The van der Waals surface area contributed by atoms with Crippen molar-refractivity contribution in [2.75, 3.05) is 5.32 Å². The molecule has 0 aromatic heterocycles. The molecule has 4 amide bonds. The van der Waals surface area contributed by atoms with Crippen LogP contribution in [-0.2, 0) is 9.59 Å². The average molecular weight is 288 g/mol. The Bertz CT molecular complexity index is 629. The molecule has 0 saturated heterocycles. The Morgan fingerprint density at radius 2 is 1.81 bits per heavy atom. The minimum atomic E-state index is -1.02. The van der Waals surface area contributed by atoms with Crippen molar-refractivity contribution >= 4 is 23.5 Å². The first-order chi connectivity index (χ1) is 9.92. The summed E-state index contributed by atoms with van der Waals surface area (Å²) in [5.74, 6) is -1.52. The summed E-state index contributed by atoms with van der Waals surface area (Å²) in [5, 5.41) is 24.3. The van der Waals surface area contributed by atoms with E-state index in [0.717, 1.165) is 13.1 Å². The standard InChI is InChI=1S/C13H12N4O4/c1-8(18)16-13(21)17-12(20)9(6-14)7-15-10-2-4-11(19)5-3-10/h2-5,7,15,19H,1H3,(H2,16,17,18,20,21)/b9-7-. The number of amides is 4. The Morgan fingerprint density at radius 1 is 1.19 bits per heavy atom. The van der Waals surface area contributed by atoms with E-state index in [4.69, 9.17) is 10.4 Å². The highest BCUT2D eigenvalue weighted by Crippen LogP contribution is 2.13. The number of benzene rings is 1. The van der Waals surface area contributed by atoms with E-state index in [1.165, 1.54) is 24.3 Å². The first-order valence-electron chi connectivity index (χ1n) is 5.71. The molecule has 0 heterocycles. The normalized spacial score (nSPS) is 10.2. The third kappa shape index (κ3) is 5.44. The molecule has 21 heavy (non-hydrogen) atoms. The zero-order valence-electron chi connectivity index (χ0n) is 11.0. The SMILES string of the molecule is CC(=O)NC(=O)NC(=O)/C(C#N)=C\Nc1ccc(O)cc1. The van der Waals surface area contributed by atoms with Gasteiger partial charge in [-0.2, -0.15) is 5.26 Å². The molecule has 0 unspecified atom stereocenters. The lowest BCUT2D eigenvalue weighted by molar-refractivity contribution is -0.118. The number of imide groups is 2. The molecule has 8 nitrogen and oxygen atoms in total. The van der Waals surface area contributed by atoms with Crippen LogP contribution in [-0.4, -0.2) is 23.0 Å². The minimum Gasteiger partial charge on any atom is -0.508 e. The number of aromatic hydroxyl groups is 1. The van der Waals surface area contributed by atoms with E-state index in [9.17, 15) is 14.4 Å². The molecule has 0 bridgehead atoms. The number of nitrogens with one attached hydrogen (secondary N) is 3. The lowest BCUT2D eigenvalue weighted by Crippen LogP contribution is -2.42. The van der Waals surface area contributed by atoms with Gasteiger partial charge in [0, 0.05) is 18.8 Å². The lowest BCUT2D eigenvalue weighted by Gasteiger charge is -2.04. The Labute approximate surface area is 120 Å². The second-order valence-electron chi connectivity index (χ2n) is 3.83. The van der Waals surface area contributed by atoms with Gasteiger partial charge in [-0.3, -0.25) is 20.2 Å². The number of carbonyl (C=O) groups is 3. The largest absolute Gasteiger partial charge is 0.508 e. The van der Waals surface area contributed by atoms with E-state index in [-0.39, 0.29) is 11.3 Å². The second-order valence-corrected chi connectivity index (χ2v) is 3.83. The summed E-state index contributed by atoms with van der Waals surface area (Å²) in [5.41, 5.74) is 0.170. The molecule has 1 rings (SSSR count). The maximum Gasteiger partial charge on any atom is 0.328 e. The third-order valence-electron chi connectivity index (χ3n) is 2.13. The topological polar surface area (TPSA) is 131 Å². The molecule has 8 heteroatoms. The van der Waals surface area contributed by atoms with Crippen molar-refractivity contribution in [2.24, 2.45) is 0 Å². The van der Waals surface area contributed by atoms with E-state index in [1.807, 2.05) is 10.6 Å². The fraction of sp³-hybridized carbons (Fsp3) is 0.0769. The minimum absolute atomic E-state index is 0.0729. The van der Waals surface area contributed by atoms with Crippen LogP contribution in [0.25, 0.3) is 0 Å². The number of nitrogens with zero attached hydrogens (tertiary/aromatic N) is 1. The number of hydrogen-bond donors (Lipinski definition) is 4. The van der Waals surface area contributed by atoms with Crippen molar-refractivity contribution < 1.29 is 19.5 Å². The van der Waals surface area contributed by atoms with Crippen LogP contribution in [0.3, 0.4) is 0 Å². The van der Waals surface area contributed by atoms with Gasteiger partial charge in [0.1, 0.15) is 17.4 Å². The number of anilines is 1. The molecule has 0 radical (unpaired) electrons. The van der Waals surface area contributed by atoms with Gasteiger partial charge < -0.3 is 10.4 Å². The first kappa shape index (κ1) is 15.7. The first-order valence-corrected chi connectivity index (χ1v) is 5.71. The van der Waals surface area contributed by atoms with Gasteiger partial charge in [-0.1, -0.05) is 0 Å². The second kappa shape index (κ2) is 7.30. The molecule has 1 aromatic carbocycles. The van der Waals surface area contributed by atoms with Crippen molar-refractivity contribution in [3.8, 4) is 11.8 Å². The van der Waals surface area contributed by atoms with Gasteiger partial charge in [0.25, 0.3) is 5.91 Å². The van der Waals surface area contributed by atoms with E-state index in [0.29, 0.717) is 5.69 Å². The molecular weight excluding hydrogens is 276 g/mol. The molecule has 0 spiro atoms. The van der Waals surface area contributed by atoms with Gasteiger partial charge in [0.05, 0.1) is 0 Å². The lowest BCUT2D eigenvalue weighted by atomic mass is 10.2. The molecule has 0 aliphatic carbocycles. The van der Waals surface area contributed by atoms with E-state index in [2.05, 4.69) is 5.32 Å². The molecular formula is C13H12N4O4. The third-order valence-corrected chi connectivity index (χ3v) is 2.13. The van der Waals surface area contributed by atoms with Gasteiger partial charge in [-0.15, -0.1) is 0 Å². The van der Waals surface area contributed by atoms with Crippen LogP contribution in [0.4, 0.5) is 10.5 Å². The molecule has 0 fully saturated rings. The maximum absolute atomic E-state index is 11.6. The zero-order valence-corrected chi connectivity index (χ0v) is 11.0. The van der Waals surface area contributed by atoms with E-state index >= 15 is 0 Å². The fourth-order valence-corrected chi connectivity index (χ4v) is 1.22. The van der Waals surface area contributed by atoms with E-state index in [1.54, 1.807) is 6.07 Å². The highest BCUT2D eigenvalue weighted by atomic mass is 16.3. The Morgan fingerprint density at radius 3 is 2.33 bits per heavy atom. The summed E-state index contributed by atoms with van der Waals surface area (Å²) < 4.78 is 0. The van der Waals surface area contributed by atoms with Crippen molar-refractivity contribution in [1.29, 1.82) is 5.26 Å². The number of nitriles is 1. The molecule has 108 valence electrons. The van der Waals surface area contributed by atoms with E-state index < -0.39 is 17.8 Å². The molecule has 0 aliphatic rings. The summed E-state index contributed by atoms with van der Waals surface area (Å²) in [6, 6.07) is 6.50. The van der Waals surface area contributed by atoms with Crippen molar-refractivity contribution in [3.63, 3.8) is 0 Å². The Hall–Kier alpha value is -3.34. The number of urea groups is 1. The van der Waals surface area contributed by atoms with Gasteiger partial charge >= 0.3 is 6.03 Å². The van der Waals surface area contributed by atoms with Crippen LogP contribution < -0.4 is 16.0 Å². The fourth-order valence-electron chi connectivity index (χ4n) is 1.22. The summed E-state index contributed by atoms with van der Waals surface area (Å²) in [6.07, 6.45) is 1.10. The smallest absolute Gasteiger partial charge is 0.328 e. The predicted octanol–water partition coefficient (Wildman–Crippen LogP) is 0.584. The summed E-state index contributed by atoms with van der Waals surface area (Å²) in [6.45, 7) is 1.11. The van der Waals surface area contributed by atoms with Gasteiger partial charge in [0.2, 0.25) is 5.91 Å². The van der Waals surface area contributed by atoms with Gasteiger partial charge in [0.15, 0.2) is 0 Å². The predicted molar refractivity (Wildman–Crippen MR) is 72.8 cm³/mol. The molecule has 0 saturated carbocycles. The monoisotopic (exact) mass is 288 g/mol. The average Bonchev–Trinajstić information content (AvgIpc) is 2.40. The summed E-state index contributed by atoms with van der Waals surface area (Å²) >= 11 is 0. The van der Waals surface area contributed by atoms with Crippen LogP contribution in [0.5, 0.6) is 5.75 Å². The van der Waals surface area contributed by atoms with Crippen LogP contribution >= 0.6 is 0 Å². The summed E-state index contributed by atoms with van der Waals surface area (Å²) in [4.78, 5) is 33.4. The highest BCUT2D eigenvalue weighted by molar-refractivity contribution is 6.09. The highest BCUT2D eigenvalue weighted by Gasteiger charge is 2.13. The number of phenolic OH excluding ortho intramolecular Hbond substituents is 1. The number of rotatable bonds is 3. The number of hydrogen-bond acceptors (Lipinski definition) is 6. The quantitative estimate of drug-likeness (QED) is 0.365.